The molecule has 0 amide bonds. The maximum absolute atomic E-state index is 10.3. The van der Waals surface area contributed by atoms with Crippen molar-refractivity contribution in [3.05, 3.63) is 58.8 Å². The van der Waals surface area contributed by atoms with Gasteiger partial charge in [0, 0.05) is 16.2 Å². The van der Waals surface area contributed by atoms with E-state index in [1.165, 1.54) is 0 Å². The molecular formula is C16H15BrN2O. The van der Waals surface area contributed by atoms with E-state index in [1.54, 1.807) is 0 Å². The molecule has 2 aromatic heterocycles. The van der Waals surface area contributed by atoms with Gasteiger partial charge in [-0.15, -0.1) is 0 Å². The number of benzene rings is 1. The summed E-state index contributed by atoms with van der Waals surface area (Å²) >= 11 is 3.44. The van der Waals surface area contributed by atoms with Gasteiger partial charge in [-0.25, -0.2) is 4.98 Å². The summed E-state index contributed by atoms with van der Waals surface area (Å²) in [4.78, 5) is 4.67. The first kappa shape index (κ1) is 13.3. The van der Waals surface area contributed by atoms with Crippen LogP contribution in [0.5, 0.6) is 0 Å². The molecule has 0 aliphatic carbocycles. The lowest BCUT2D eigenvalue weighted by Crippen LogP contribution is -2.02. The van der Waals surface area contributed by atoms with E-state index in [0.29, 0.717) is 6.42 Å². The van der Waals surface area contributed by atoms with Crippen LogP contribution in [-0.4, -0.2) is 14.5 Å². The second kappa shape index (κ2) is 5.38. The van der Waals surface area contributed by atoms with Crippen molar-refractivity contribution >= 4 is 21.6 Å². The highest BCUT2D eigenvalue weighted by atomic mass is 79.9. The van der Waals surface area contributed by atoms with Crippen LogP contribution >= 0.6 is 15.9 Å². The number of rotatable bonds is 3. The van der Waals surface area contributed by atoms with E-state index in [2.05, 4.69) is 20.9 Å². The number of aliphatic hydroxyl groups is 1. The average molecular weight is 331 g/mol. The van der Waals surface area contributed by atoms with Gasteiger partial charge in [0.15, 0.2) is 0 Å². The Bertz CT molecular complexity index is 734. The number of halogens is 1. The van der Waals surface area contributed by atoms with Crippen molar-refractivity contribution in [1.82, 2.24) is 9.38 Å². The van der Waals surface area contributed by atoms with Crippen molar-refractivity contribution < 1.29 is 5.11 Å². The lowest BCUT2D eigenvalue weighted by Gasteiger charge is -2.10. The van der Waals surface area contributed by atoms with Crippen molar-refractivity contribution in [3.8, 4) is 11.3 Å². The van der Waals surface area contributed by atoms with Gasteiger partial charge in [-0.3, -0.25) is 0 Å². The molecule has 0 aliphatic heterocycles. The maximum atomic E-state index is 10.3. The smallest absolute Gasteiger partial charge is 0.137 e. The van der Waals surface area contributed by atoms with Crippen molar-refractivity contribution in [3.63, 3.8) is 0 Å². The van der Waals surface area contributed by atoms with Gasteiger partial charge in [-0.05, 0) is 30.7 Å². The van der Waals surface area contributed by atoms with Gasteiger partial charge < -0.3 is 9.51 Å². The molecule has 3 nitrogen and oxygen atoms in total. The molecule has 4 heteroatoms. The SMILES string of the molecule is CCC(O)c1c(-c2ccc(Br)cc2)nc2ccccn12. The molecule has 0 radical (unpaired) electrons. The molecule has 2 heterocycles. The Balaban J connectivity index is 2.26. The van der Waals surface area contributed by atoms with Crippen molar-refractivity contribution in [2.45, 2.75) is 19.4 Å². The zero-order valence-corrected chi connectivity index (χ0v) is 12.7. The molecule has 20 heavy (non-hydrogen) atoms. The lowest BCUT2D eigenvalue weighted by atomic mass is 10.1. The number of aromatic nitrogens is 2. The highest BCUT2D eigenvalue weighted by Gasteiger charge is 2.19. The monoisotopic (exact) mass is 330 g/mol. The van der Waals surface area contributed by atoms with Gasteiger partial charge in [-0.1, -0.05) is 41.1 Å². The summed E-state index contributed by atoms with van der Waals surface area (Å²) in [7, 11) is 0. The minimum atomic E-state index is -0.522. The summed E-state index contributed by atoms with van der Waals surface area (Å²) in [6.45, 7) is 1.97. The number of nitrogens with zero attached hydrogens (tertiary/aromatic N) is 2. The van der Waals surface area contributed by atoms with Gasteiger partial charge in [0.05, 0.1) is 17.5 Å². The van der Waals surface area contributed by atoms with Gasteiger partial charge in [0.1, 0.15) is 5.65 Å². The minimum absolute atomic E-state index is 0.522. The standard InChI is InChI=1S/C16H15BrN2O/c1-2-13(20)16-15(11-6-8-12(17)9-7-11)18-14-5-3-4-10-19(14)16/h3-10,13,20H,2H2,1H3. The zero-order valence-electron chi connectivity index (χ0n) is 11.1. The van der Waals surface area contributed by atoms with Crippen LogP contribution in [0.4, 0.5) is 0 Å². The maximum Gasteiger partial charge on any atom is 0.137 e. The van der Waals surface area contributed by atoms with Gasteiger partial charge in [0.25, 0.3) is 0 Å². The van der Waals surface area contributed by atoms with E-state index in [4.69, 9.17) is 0 Å². The Morgan fingerprint density at radius 1 is 1.20 bits per heavy atom. The molecule has 1 aromatic carbocycles. The zero-order chi connectivity index (χ0) is 14.1. The molecule has 1 atom stereocenters. The number of fused-ring (bicyclic) bond motifs is 1. The lowest BCUT2D eigenvalue weighted by molar-refractivity contribution is 0.168. The molecule has 3 rings (SSSR count). The largest absolute Gasteiger partial charge is 0.387 e. The molecule has 0 saturated carbocycles. The quantitative estimate of drug-likeness (QED) is 0.781. The van der Waals surface area contributed by atoms with Crippen molar-refractivity contribution in [2.75, 3.05) is 0 Å². The normalized spacial score (nSPS) is 12.8. The highest BCUT2D eigenvalue weighted by molar-refractivity contribution is 9.10. The predicted molar refractivity (Wildman–Crippen MR) is 83.6 cm³/mol. The average Bonchev–Trinajstić information content (AvgIpc) is 2.86. The van der Waals surface area contributed by atoms with Crippen molar-refractivity contribution in [2.24, 2.45) is 0 Å². The number of hydrogen-bond acceptors (Lipinski definition) is 2. The Hall–Kier alpha value is -1.65. The third-order valence-corrected chi connectivity index (χ3v) is 3.92. The Kier molecular flexibility index (Phi) is 3.59. The molecule has 0 bridgehead atoms. The van der Waals surface area contributed by atoms with E-state index in [-0.39, 0.29) is 0 Å². The van der Waals surface area contributed by atoms with E-state index in [1.807, 2.05) is 60.0 Å². The fraction of sp³-hybridized carbons (Fsp3) is 0.188. The fourth-order valence-electron chi connectivity index (χ4n) is 2.35. The first-order valence-electron chi connectivity index (χ1n) is 6.61. The summed E-state index contributed by atoms with van der Waals surface area (Å²) in [5.74, 6) is 0. The molecule has 1 N–H and O–H groups in total. The summed E-state index contributed by atoms with van der Waals surface area (Å²) in [6, 6.07) is 13.9. The summed E-state index contributed by atoms with van der Waals surface area (Å²) in [6.07, 6.45) is 2.08. The van der Waals surface area contributed by atoms with Crippen molar-refractivity contribution in [1.29, 1.82) is 0 Å². The van der Waals surface area contributed by atoms with Crippen LogP contribution in [0.3, 0.4) is 0 Å². The topological polar surface area (TPSA) is 37.5 Å². The van der Waals surface area contributed by atoms with Gasteiger partial charge in [0.2, 0.25) is 0 Å². The molecule has 102 valence electrons. The Labute approximate surface area is 126 Å². The second-order valence-corrected chi connectivity index (χ2v) is 5.62. The summed E-state index contributed by atoms with van der Waals surface area (Å²) < 4.78 is 2.99. The summed E-state index contributed by atoms with van der Waals surface area (Å²) in [5, 5.41) is 10.3. The molecule has 0 saturated heterocycles. The molecule has 0 fully saturated rings. The van der Waals surface area contributed by atoms with Crippen LogP contribution < -0.4 is 0 Å². The fourth-order valence-corrected chi connectivity index (χ4v) is 2.61. The second-order valence-electron chi connectivity index (χ2n) is 4.71. The van der Waals surface area contributed by atoms with Crippen LogP contribution in [-0.2, 0) is 0 Å². The van der Waals surface area contributed by atoms with Crippen LogP contribution in [0.1, 0.15) is 25.1 Å². The highest BCUT2D eigenvalue weighted by Crippen LogP contribution is 2.31. The molecule has 0 spiro atoms. The number of hydrogen-bond donors (Lipinski definition) is 1. The molecule has 1 unspecified atom stereocenters. The van der Waals surface area contributed by atoms with E-state index >= 15 is 0 Å². The van der Waals surface area contributed by atoms with E-state index in [0.717, 1.165) is 27.1 Å². The molecule has 3 aromatic rings. The van der Waals surface area contributed by atoms with Crippen LogP contribution in [0.25, 0.3) is 16.9 Å². The Morgan fingerprint density at radius 2 is 1.95 bits per heavy atom. The van der Waals surface area contributed by atoms with Crippen LogP contribution in [0.2, 0.25) is 0 Å². The third kappa shape index (κ3) is 2.25. The summed E-state index contributed by atoms with van der Waals surface area (Å²) in [5.41, 5.74) is 3.57. The first-order valence-corrected chi connectivity index (χ1v) is 7.41. The van der Waals surface area contributed by atoms with E-state index < -0.39 is 6.10 Å². The predicted octanol–water partition coefficient (Wildman–Crippen LogP) is 4.21. The van der Waals surface area contributed by atoms with Crippen LogP contribution in [0.15, 0.2) is 53.1 Å². The number of pyridine rings is 1. The number of aliphatic hydroxyl groups excluding tert-OH is 1. The van der Waals surface area contributed by atoms with Gasteiger partial charge in [-0.2, -0.15) is 0 Å². The molecular weight excluding hydrogens is 316 g/mol. The first-order chi connectivity index (χ1) is 9.70. The Morgan fingerprint density at radius 3 is 2.65 bits per heavy atom. The third-order valence-electron chi connectivity index (χ3n) is 3.39. The van der Waals surface area contributed by atoms with Gasteiger partial charge >= 0.3 is 0 Å². The van der Waals surface area contributed by atoms with Crippen LogP contribution in [0, 0.1) is 0 Å². The van der Waals surface area contributed by atoms with E-state index in [9.17, 15) is 5.11 Å². The number of imidazole rings is 1. The molecule has 0 aliphatic rings. The minimum Gasteiger partial charge on any atom is -0.387 e.